The van der Waals surface area contributed by atoms with Crippen molar-refractivity contribution in [2.24, 2.45) is 0 Å². The molecular formula is C74H80BN3. The first-order valence-corrected chi connectivity index (χ1v) is 29.4. The normalized spacial score (nSPS) is 20.5. The van der Waals surface area contributed by atoms with E-state index in [0.717, 1.165) is 12.8 Å². The zero-order valence-corrected chi connectivity index (χ0v) is 49.1. The van der Waals surface area contributed by atoms with Gasteiger partial charge in [-0.3, -0.25) is 0 Å². The monoisotopic (exact) mass is 1020 g/mol. The van der Waals surface area contributed by atoms with Crippen LogP contribution in [0.3, 0.4) is 0 Å². The minimum absolute atomic E-state index is 0.00483. The molecule has 3 heterocycles. The fourth-order valence-electron chi connectivity index (χ4n) is 15.7. The highest BCUT2D eigenvalue weighted by molar-refractivity contribution is 7.00. The summed E-state index contributed by atoms with van der Waals surface area (Å²) in [5.41, 5.74) is 27.4. The van der Waals surface area contributed by atoms with Gasteiger partial charge in [0.05, 0.1) is 16.9 Å². The number of anilines is 8. The van der Waals surface area contributed by atoms with Crippen molar-refractivity contribution in [3.8, 4) is 22.3 Å². The zero-order chi connectivity index (χ0) is 54.6. The van der Waals surface area contributed by atoms with Crippen molar-refractivity contribution in [3.63, 3.8) is 0 Å². The van der Waals surface area contributed by atoms with Gasteiger partial charge >= 0.3 is 0 Å². The van der Waals surface area contributed by atoms with Crippen LogP contribution in [0.25, 0.3) is 22.3 Å². The van der Waals surface area contributed by atoms with E-state index < -0.39 is 0 Å². The summed E-state index contributed by atoms with van der Waals surface area (Å²) in [6.07, 6.45) is 5.86. The molecule has 0 bridgehead atoms. The zero-order valence-electron chi connectivity index (χ0n) is 49.1. The number of hydrogen-bond donors (Lipinski definition) is 0. The SMILES string of the molecule is CC(C)c1ccc2c(c1)N(c1ccc(C(C)(C)C)cc1-c1ccccc1)c1cc(N3c4ccccc4C4(C)CCCCC34C)cc3c1B2c1cc2c(cc1N3c1ccc(C(C)(C)C)cc1-c1ccccc1)C(C)(C)CC2(C)C. The van der Waals surface area contributed by atoms with E-state index in [-0.39, 0.29) is 39.3 Å². The summed E-state index contributed by atoms with van der Waals surface area (Å²) in [5.74, 6) is 0.343. The van der Waals surface area contributed by atoms with Crippen LogP contribution >= 0.6 is 0 Å². The number of fused-ring (bicyclic) bond motifs is 8. The largest absolute Gasteiger partial charge is 0.334 e. The number of para-hydroxylation sites is 1. The molecule has 4 heteroatoms. The van der Waals surface area contributed by atoms with Crippen molar-refractivity contribution in [2.45, 2.75) is 168 Å². The van der Waals surface area contributed by atoms with Crippen molar-refractivity contribution in [2.75, 3.05) is 14.7 Å². The molecule has 1 saturated carbocycles. The quantitative estimate of drug-likeness (QED) is 0.154. The van der Waals surface area contributed by atoms with E-state index in [0.29, 0.717) is 5.92 Å². The lowest BCUT2D eigenvalue weighted by Gasteiger charge is -2.51. The fourth-order valence-corrected chi connectivity index (χ4v) is 15.7. The standard InChI is InChI=1S/C74H80BN3/c1-47(2)50-31-34-59-64(39-50)76(61-35-32-51(69(3,4)5)40-54(61)48-25-17-15-18-26-48)66-42-53(78-63-30-22-21-29-56(63)73(13)37-23-24-38-74(73,78)14)43-67-68(66)75(59)60-44-57-58(72(11,12)46-71(57,9)10)45-65(60)77(67)62-36-33-52(70(6,7)8)41-55(62)49-27-19-16-20-28-49/h15-22,25-36,39-45,47H,23-24,37-38,46H2,1-14H3. The number of hydrogen-bond acceptors (Lipinski definition) is 3. The molecule has 0 amide bonds. The van der Waals surface area contributed by atoms with E-state index in [9.17, 15) is 0 Å². The molecule has 2 aliphatic carbocycles. The second-order valence-electron chi connectivity index (χ2n) is 28.2. The minimum atomic E-state index is -0.154. The first-order valence-electron chi connectivity index (χ1n) is 29.4. The lowest BCUT2D eigenvalue weighted by atomic mass is 9.33. The Hall–Kier alpha value is -6.78. The van der Waals surface area contributed by atoms with Gasteiger partial charge in [0.25, 0.3) is 6.71 Å². The Morgan fingerprint density at radius 1 is 0.449 bits per heavy atom. The first-order chi connectivity index (χ1) is 37.0. The lowest BCUT2D eigenvalue weighted by molar-refractivity contribution is 0.195. The number of benzene rings is 8. The van der Waals surface area contributed by atoms with E-state index in [2.05, 4.69) is 275 Å². The number of rotatable bonds is 6. The van der Waals surface area contributed by atoms with Gasteiger partial charge < -0.3 is 14.7 Å². The maximum absolute atomic E-state index is 2.83. The van der Waals surface area contributed by atoms with Gasteiger partial charge in [-0.25, -0.2) is 0 Å². The summed E-state index contributed by atoms with van der Waals surface area (Å²) in [7, 11) is 0. The topological polar surface area (TPSA) is 9.72 Å². The van der Waals surface area contributed by atoms with Crippen molar-refractivity contribution in [3.05, 3.63) is 197 Å². The molecule has 5 aliphatic rings. The molecule has 0 radical (unpaired) electrons. The summed E-state index contributed by atoms with van der Waals surface area (Å²) in [6.45, 7) is 33.9. The van der Waals surface area contributed by atoms with Crippen LogP contribution in [0.5, 0.6) is 0 Å². The summed E-state index contributed by atoms with van der Waals surface area (Å²) in [4.78, 5) is 8.31. The van der Waals surface area contributed by atoms with Gasteiger partial charge in [-0.15, -0.1) is 0 Å². The van der Waals surface area contributed by atoms with E-state index >= 15 is 0 Å². The molecule has 2 unspecified atom stereocenters. The predicted octanol–water partition coefficient (Wildman–Crippen LogP) is 18.5. The van der Waals surface area contributed by atoms with Crippen LogP contribution < -0.4 is 31.1 Å². The fraction of sp³-hybridized carbons (Fsp3) is 0.351. The highest BCUT2D eigenvalue weighted by Gasteiger charge is 2.58. The van der Waals surface area contributed by atoms with Gasteiger partial charge in [0, 0.05) is 50.7 Å². The Morgan fingerprint density at radius 2 is 0.962 bits per heavy atom. The molecule has 78 heavy (non-hydrogen) atoms. The summed E-state index contributed by atoms with van der Waals surface area (Å²) in [6, 6.07) is 64.9. The molecule has 8 aromatic carbocycles. The second kappa shape index (κ2) is 17.4. The molecule has 0 spiro atoms. The minimum Gasteiger partial charge on any atom is -0.334 e. The number of nitrogens with zero attached hydrogens (tertiary/aromatic N) is 3. The Kier molecular flexibility index (Phi) is 11.3. The van der Waals surface area contributed by atoms with Gasteiger partial charge in [0.1, 0.15) is 0 Å². The molecular weight excluding hydrogens is 942 g/mol. The molecule has 394 valence electrons. The molecule has 3 nitrogen and oxygen atoms in total. The Balaban J connectivity index is 1.22. The summed E-state index contributed by atoms with van der Waals surface area (Å²) >= 11 is 0. The molecule has 8 aromatic rings. The Morgan fingerprint density at radius 3 is 1.51 bits per heavy atom. The highest BCUT2D eigenvalue weighted by Crippen LogP contribution is 2.62. The maximum atomic E-state index is 2.83. The highest BCUT2D eigenvalue weighted by atomic mass is 15.3. The molecule has 2 atom stereocenters. The van der Waals surface area contributed by atoms with Crippen molar-refractivity contribution >= 4 is 68.6 Å². The molecule has 1 fully saturated rings. The maximum Gasteiger partial charge on any atom is 0.252 e. The van der Waals surface area contributed by atoms with Crippen LogP contribution in [-0.4, -0.2) is 12.3 Å². The van der Waals surface area contributed by atoms with Crippen LogP contribution in [0.1, 0.15) is 168 Å². The Bertz CT molecular complexity index is 3720. The van der Waals surface area contributed by atoms with E-state index in [1.807, 2.05) is 0 Å². The van der Waals surface area contributed by atoms with Crippen molar-refractivity contribution < 1.29 is 0 Å². The van der Waals surface area contributed by atoms with Gasteiger partial charge in [-0.05, 0) is 169 Å². The summed E-state index contributed by atoms with van der Waals surface area (Å²) in [5, 5.41) is 0. The van der Waals surface area contributed by atoms with Crippen LogP contribution in [0.2, 0.25) is 0 Å². The molecule has 0 aromatic heterocycles. The molecule has 0 N–H and O–H groups in total. The lowest BCUT2D eigenvalue weighted by Crippen LogP contribution is -2.62. The smallest absolute Gasteiger partial charge is 0.252 e. The van der Waals surface area contributed by atoms with Crippen molar-refractivity contribution in [1.82, 2.24) is 0 Å². The molecule has 3 aliphatic heterocycles. The first kappa shape index (κ1) is 50.7. The van der Waals surface area contributed by atoms with Gasteiger partial charge in [-0.1, -0.05) is 212 Å². The van der Waals surface area contributed by atoms with Crippen LogP contribution in [0.15, 0.2) is 164 Å². The van der Waals surface area contributed by atoms with Crippen LogP contribution in [0.4, 0.5) is 45.5 Å². The third-order valence-corrected chi connectivity index (χ3v) is 19.9. The van der Waals surface area contributed by atoms with E-state index in [4.69, 9.17) is 0 Å². The molecule has 13 rings (SSSR count). The molecule has 0 saturated heterocycles. The predicted molar refractivity (Wildman–Crippen MR) is 336 cm³/mol. The Labute approximate surface area is 467 Å². The second-order valence-corrected chi connectivity index (χ2v) is 28.2. The average Bonchev–Trinajstić information content (AvgIpc) is 2.37. The van der Waals surface area contributed by atoms with Gasteiger partial charge in [-0.2, -0.15) is 0 Å². The van der Waals surface area contributed by atoms with E-state index in [1.54, 1.807) is 0 Å². The van der Waals surface area contributed by atoms with Crippen LogP contribution in [0, 0.1) is 0 Å². The third kappa shape index (κ3) is 7.50. The van der Waals surface area contributed by atoms with Gasteiger partial charge in [0.15, 0.2) is 0 Å². The third-order valence-electron chi connectivity index (χ3n) is 19.9. The summed E-state index contributed by atoms with van der Waals surface area (Å²) < 4.78 is 0. The van der Waals surface area contributed by atoms with Gasteiger partial charge in [0.2, 0.25) is 0 Å². The van der Waals surface area contributed by atoms with Crippen molar-refractivity contribution in [1.29, 1.82) is 0 Å². The van der Waals surface area contributed by atoms with Crippen LogP contribution in [-0.2, 0) is 27.1 Å². The van der Waals surface area contributed by atoms with E-state index in [1.165, 1.54) is 137 Å². The average molecular weight is 1020 g/mol.